The molecule has 0 amide bonds. The third-order valence-corrected chi connectivity index (χ3v) is 2.51. The van der Waals surface area contributed by atoms with Crippen LogP contribution in [0.4, 0.5) is 0 Å². The molecule has 0 spiro atoms. The molecule has 0 saturated heterocycles. The topological polar surface area (TPSA) is 9.23 Å². The fourth-order valence-corrected chi connectivity index (χ4v) is 1.61. The zero-order chi connectivity index (χ0) is 11.2. The summed E-state index contributed by atoms with van der Waals surface area (Å²) in [5.74, 6) is 0.854. The van der Waals surface area contributed by atoms with Gasteiger partial charge >= 0.3 is 0 Å². The van der Waals surface area contributed by atoms with Gasteiger partial charge in [0.05, 0.1) is 6.26 Å². The van der Waals surface area contributed by atoms with Crippen LogP contribution in [0.3, 0.4) is 0 Å². The predicted octanol–water partition coefficient (Wildman–Crippen LogP) is 4.64. The van der Waals surface area contributed by atoms with E-state index in [4.69, 9.17) is 4.74 Å². The second-order valence-electron chi connectivity index (χ2n) is 3.27. The van der Waals surface area contributed by atoms with Gasteiger partial charge in [0.25, 0.3) is 0 Å². The second kappa shape index (κ2) is 5.70. The van der Waals surface area contributed by atoms with E-state index in [1.54, 1.807) is 6.26 Å². The normalized spacial score (nSPS) is 10.6. The van der Waals surface area contributed by atoms with Crippen molar-refractivity contribution in [2.45, 2.75) is 0 Å². The first-order valence-electron chi connectivity index (χ1n) is 4.97. The average Bonchev–Trinajstić information content (AvgIpc) is 2.38. The van der Waals surface area contributed by atoms with Crippen LogP contribution in [-0.4, -0.2) is 0 Å². The SMILES string of the molecule is IC=COc1ccc(-c2ccccc2)cc1. The Balaban J connectivity index is 2.20. The summed E-state index contributed by atoms with van der Waals surface area (Å²) in [7, 11) is 0. The molecule has 0 unspecified atom stereocenters. The van der Waals surface area contributed by atoms with Crippen molar-refractivity contribution >= 4 is 22.6 Å². The lowest BCUT2D eigenvalue weighted by atomic mass is 10.1. The minimum Gasteiger partial charge on any atom is -0.465 e. The molecule has 0 N–H and O–H groups in total. The monoisotopic (exact) mass is 322 g/mol. The van der Waals surface area contributed by atoms with Crippen molar-refractivity contribution in [3.8, 4) is 16.9 Å². The largest absolute Gasteiger partial charge is 0.465 e. The van der Waals surface area contributed by atoms with Crippen molar-refractivity contribution in [2.75, 3.05) is 0 Å². The minimum atomic E-state index is 0.854. The van der Waals surface area contributed by atoms with Gasteiger partial charge < -0.3 is 4.74 Å². The van der Waals surface area contributed by atoms with Gasteiger partial charge in [0.2, 0.25) is 0 Å². The molecule has 0 heterocycles. The summed E-state index contributed by atoms with van der Waals surface area (Å²) < 4.78 is 7.19. The molecule has 2 aromatic rings. The summed E-state index contributed by atoms with van der Waals surface area (Å²) in [6.07, 6.45) is 1.66. The number of benzene rings is 2. The number of rotatable bonds is 3. The molecule has 0 aromatic heterocycles. The van der Waals surface area contributed by atoms with Crippen LogP contribution in [0.1, 0.15) is 0 Å². The highest BCUT2D eigenvalue weighted by atomic mass is 127. The third kappa shape index (κ3) is 2.85. The molecule has 0 saturated carbocycles. The van der Waals surface area contributed by atoms with E-state index in [2.05, 4.69) is 46.9 Å². The molecule has 0 radical (unpaired) electrons. The van der Waals surface area contributed by atoms with E-state index in [0.717, 1.165) is 5.75 Å². The van der Waals surface area contributed by atoms with Crippen LogP contribution in [0.25, 0.3) is 11.1 Å². The summed E-state index contributed by atoms with van der Waals surface area (Å²) in [6.45, 7) is 0. The summed E-state index contributed by atoms with van der Waals surface area (Å²) in [5, 5.41) is 0. The second-order valence-corrected chi connectivity index (χ2v) is 3.99. The van der Waals surface area contributed by atoms with Crippen molar-refractivity contribution in [3.05, 3.63) is 64.9 Å². The Bertz CT molecular complexity index is 460. The predicted molar refractivity (Wildman–Crippen MR) is 75.7 cm³/mol. The van der Waals surface area contributed by atoms with Crippen LogP contribution in [0.15, 0.2) is 64.9 Å². The molecule has 1 nitrogen and oxygen atoms in total. The summed E-state index contributed by atoms with van der Waals surface area (Å²) >= 11 is 2.12. The molecule has 0 aliphatic heterocycles. The molecule has 0 aliphatic carbocycles. The smallest absolute Gasteiger partial charge is 0.126 e. The first-order valence-corrected chi connectivity index (χ1v) is 6.22. The van der Waals surface area contributed by atoms with E-state index >= 15 is 0 Å². The van der Waals surface area contributed by atoms with Gasteiger partial charge in [-0.3, -0.25) is 0 Å². The van der Waals surface area contributed by atoms with Gasteiger partial charge in [-0.1, -0.05) is 42.5 Å². The van der Waals surface area contributed by atoms with E-state index in [0.29, 0.717) is 0 Å². The van der Waals surface area contributed by atoms with E-state index in [1.807, 2.05) is 34.4 Å². The van der Waals surface area contributed by atoms with Crippen molar-refractivity contribution in [1.82, 2.24) is 0 Å². The van der Waals surface area contributed by atoms with E-state index in [1.165, 1.54) is 11.1 Å². The molecule has 0 fully saturated rings. The zero-order valence-electron chi connectivity index (χ0n) is 8.64. The Kier molecular flexibility index (Phi) is 3.99. The lowest BCUT2D eigenvalue weighted by Gasteiger charge is -2.03. The lowest BCUT2D eigenvalue weighted by molar-refractivity contribution is 0.483. The third-order valence-electron chi connectivity index (χ3n) is 2.22. The highest BCUT2D eigenvalue weighted by Crippen LogP contribution is 2.22. The van der Waals surface area contributed by atoms with Gasteiger partial charge in [0.15, 0.2) is 0 Å². The van der Waals surface area contributed by atoms with Crippen LogP contribution in [0, 0.1) is 0 Å². The summed E-state index contributed by atoms with van der Waals surface area (Å²) in [6, 6.07) is 18.4. The van der Waals surface area contributed by atoms with Crippen molar-refractivity contribution < 1.29 is 4.74 Å². The Morgan fingerprint density at radius 2 is 1.44 bits per heavy atom. The van der Waals surface area contributed by atoms with Gasteiger partial charge in [-0.25, -0.2) is 0 Å². The molecule has 0 aliphatic rings. The zero-order valence-corrected chi connectivity index (χ0v) is 10.8. The Labute approximate surface area is 109 Å². The summed E-state index contributed by atoms with van der Waals surface area (Å²) in [4.78, 5) is 0. The Morgan fingerprint density at radius 1 is 0.812 bits per heavy atom. The maximum Gasteiger partial charge on any atom is 0.126 e. The van der Waals surface area contributed by atoms with E-state index < -0.39 is 0 Å². The van der Waals surface area contributed by atoms with Gasteiger partial charge in [-0.15, -0.1) is 0 Å². The molecule has 16 heavy (non-hydrogen) atoms. The van der Waals surface area contributed by atoms with Crippen LogP contribution >= 0.6 is 22.6 Å². The minimum absolute atomic E-state index is 0.854. The highest BCUT2D eigenvalue weighted by Gasteiger charge is 1.96. The first kappa shape index (κ1) is 11.2. The molecule has 2 rings (SSSR count). The van der Waals surface area contributed by atoms with Crippen LogP contribution < -0.4 is 4.74 Å². The van der Waals surface area contributed by atoms with Crippen molar-refractivity contribution in [2.24, 2.45) is 0 Å². The maximum atomic E-state index is 5.36. The fourth-order valence-electron chi connectivity index (χ4n) is 1.46. The molecular formula is C14H11IO. The van der Waals surface area contributed by atoms with Crippen molar-refractivity contribution in [1.29, 1.82) is 0 Å². The lowest BCUT2D eigenvalue weighted by Crippen LogP contribution is -1.81. The van der Waals surface area contributed by atoms with Gasteiger partial charge in [-0.05, 0) is 45.9 Å². The number of halogens is 1. The molecular weight excluding hydrogens is 311 g/mol. The van der Waals surface area contributed by atoms with Crippen LogP contribution in [0.5, 0.6) is 5.75 Å². The van der Waals surface area contributed by atoms with E-state index in [9.17, 15) is 0 Å². The molecule has 0 atom stereocenters. The summed E-state index contributed by atoms with van der Waals surface area (Å²) in [5.41, 5.74) is 2.42. The van der Waals surface area contributed by atoms with E-state index in [-0.39, 0.29) is 0 Å². The molecule has 2 heteroatoms. The number of ether oxygens (including phenoxy) is 1. The van der Waals surface area contributed by atoms with Crippen LogP contribution in [0.2, 0.25) is 0 Å². The number of hydrogen-bond donors (Lipinski definition) is 0. The molecule has 2 aromatic carbocycles. The average molecular weight is 322 g/mol. The maximum absolute atomic E-state index is 5.36. The first-order chi connectivity index (χ1) is 7.90. The highest BCUT2D eigenvalue weighted by molar-refractivity contribution is 14.1. The Morgan fingerprint density at radius 3 is 2.06 bits per heavy atom. The fraction of sp³-hybridized carbons (Fsp3) is 0. The Hall–Kier alpha value is -1.29. The number of hydrogen-bond acceptors (Lipinski definition) is 1. The molecule has 80 valence electrons. The van der Waals surface area contributed by atoms with Gasteiger partial charge in [0, 0.05) is 4.08 Å². The van der Waals surface area contributed by atoms with Crippen LogP contribution in [-0.2, 0) is 0 Å². The quantitative estimate of drug-likeness (QED) is 0.591. The standard InChI is InChI=1S/C14H11IO/c15-10-11-16-14-8-6-13(7-9-14)12-4-2-1-3-5-12/h1-11H. The molecule has 0 bridgehead atoms. The van der Waals surface area contributed by atoms with Gasteiger partial charge in [-0.2, -0.15) is 0 Å². The van der Waals surface area contributed by atoms with Gasteiger partial charge in [0.1, 0.15) is 5.75 Å². The van der Waals surface area contributed by atoms with Crippen molar-refractivity contribution in [3.63, 3.8) is 0 Å².